The molecule has 0 aliphatic heterocycles. The normalized spacial score (nSPS) is 10.8. The Morgan fingerprint density at radius 3 is 2.60 bits per heavy atom. The third-order valence-electron chi connectivity index (χ3n) is 4.07. The van der Waals surface area contributed by atoms with Crippen LogP contribution in [0.2, 0.25) is 0 Å². The second-order valence-corrected chi connectivity index (χ2v) is 6.85. The van der Waals surface area contributed by atoms with E-state index in [1.54, 1.807) is 55.3 Å². The van der Waals surface area contributed by atoms with Gasteiger partial charge >= 0.3 is 0 Å². The summed E-state index contributed by atoms with van der Waals surface area (Å²) in [5.41, 5.74) is 1.63. The van der Waals surface area contributed by atoms with Gasteiger partial charge in [-0.25, -0.2) is 0 Å². The lowest BCUT2D eigenvalue weighted by Crippen LogP contribution is -2.36. The molecule has 0 aromatic carbocycles. The third kappa shape index (κ3) is 3.56. The molecule has 0 atom stereocenters. The van der Waals surface area contributed by atoms with Crippen LogP contribution in [0.25, 0.3) is 0 Å². The summed E-state index contributed by atoms with van der Waals surface area (Å²) in [5.74, 6) is -0.451. The standard InChI is InChI=1S/C18H19N3O3S/c1-12-16(13(2)20(3)19-12)17(22)18(23)21(10-14-6-4-8-24-14)11-15-7-5-9-25-15/h4-9H,10-11H2,1-3H3. The predicted molar refractivity (Wildman–Crippen MR) is 94.3 cm³/mol. The second-order valence-electron chi connectivity index (χ2n) is 5.82. The number of aromatic nitrogens is 2. The Kier molecular flexibility index (Phi) is 4.85. The van der Waals surface area contributed by atoms with E-state index in [-0.39, 0.29) is 6.54 Å². The van der Waals surface area contributed by atoms with Crippen LogP contribution in [0.4, 0.5) is 0 Å². The summed E-state index contributed by atoms with van der Waals surface area (Å²) in [6.45, 7) is 4.13. The molecule has 6 nitrogen and oxygen atoms in total. The number of thiophene rings is 1. The molecule has 0 N–H and O–H groups in total. The summed E-state index contributed by atoms with van der Waals surface area (Å²) in [6, 6.07) is 7.42. The van der Waals surface area contributed by atoms with E-state index in [4.69, 9.17) is 4.42 Å². The lowest BCUT2D eigenvalue weighted by molar-refractivity contribution is -0.127. The van der Waals surface area contributed by atoms with Crippen molar-refractivity contribution < 1.29 is 14.0 Å². The van der Waals surface area contributed by atoms with Gasteiger partial charge in [-0.05, 0) is 37.4 Å². The highest BCUT2D eigenvalue weighted by molar-refractivity contribution is 7.09. The van der Waals surface area contributed by atoms with Crippen LogP contribution in [-0.2, 0) is 24.9 Å². The first-order valence-corrected chi connectivity index (χ1v) is 8.74. The summed E-state index contributed by atoms with van der Waals surface area (Å²) in [4.78, 5) is 28.3. The molecule has 0 saturated carbocycles. The van der Waals surface area contributed by atoms with Crippen LogP contribution in [0.1, 0.15) is 32.4 Å². The largest absolute Gasteiger partial charge is 0.467 e. The van der Waals surface area contributed by atoms with E-state index in [2.05, 4.69) is 5.10 Å². The summed E-state index contributed by atoms with van der Waals surface area (Å²) in [7, 11) is 1.76. The molecule has 3 rings (SSSR count). The van der Waals surface area contributed by atoms with Crippen molar-refractivity contribution in [3.8, 4) is 0 Å². The molecule has 0 aliphatic carbocycles. The minimum Gasteiger partial charge on any atom is -0.467 e. The van der Waals surface area contributed by atoms with Gasteiger partial charge in [-0.1, -0.05) is 6.07 Å². The first-order chi connectivity index (χ1) is 12.0. The quantitative estimate of drug-likeness (QED) is 0.502. The van der Waals surface area contributed by atoms with E-state index < -0.39 is 11.7 Å². The summed E-state index contributed by atoms with van der Waals surface area (Å²) in [6.07, 6.45) is 1.56. The molecule has 0 aliphatic rings. The molecule has 3 aromatic heterocycles. The Morgan fingerprint density at radius 1 is 1.24 bits per heavy atom. The SMILES string of the molecule is Cc1nn(C)c(C)c1C(=O)C(=O)N(Cc1ccco1)Cc1cccs1. The predicted octanol–water partition coefficient (Wildman–Crippen LogP) is 3.10. The van der Waals surface area contributed by atoms with Crippen LogP contribution < -0.4 is 0 Å². The van der Waals surface area contributed by atoms with Crippen LogP contribution in [-0.4, -0.2) is 26.4 Å². The number of hydrogen-bond acceptors (Lipinski definition) is 5. The first kappa shape index (κ1) is 17.2. The van der Waals surface area contributed by atoms with Crippen molar-refractivity contribution in [3.63, 3.8) is 0 Å². The van der Waals surface area contributed by atoms with E-state index >= 15 is 0 Å². The zero-order valence-corrected chi connectivity index (χ0v) is 15.2. The van der Waals surface area contributed by atoms with Crippen molar-refractivity contribution in [2.75, 3.05) is 0 Å². The summed E-state index contributed by atoms with van der Waals surface area (Å²) < 4.78 is 6.97. The van der Waals surface area contributed by atoms with Crippen LogP contribution in [0.15, 0.2) is 40.3 Å². The number of rotatable bonds is 6. The Bertz CT molecular complexity index is 843. The highest BCUT2D eigenvalue weighted by Gasteiger charge is 2.29. The smallest absolute Gasteiger partial charge is 0.295 e. The molecule has 0 unspecified atom stereocenters. The average Bonchev–Trinajstić information content (AvgIpc) is 3.30. The topological polar surface area (TPSA) is 68.3 Å². The monoisotopic (exact) mass is 357 g/mol. The number of Topliss-reactive ketones (excluding diaryl/α,β-unsaturated/α-hetero) is 1. The molecule has 0 bridgehead atoms. The number of furan rings is 1. The highest BCUT2D eigenvalue weighted by Crippen LogP contribution is 2.19. The van der Waals surface area contributed by atoms with Gasteiger partial charge in [0.1, 0.15) is 5.76 Å². The first-order valence-electron chi connectivity index (χ1n) is 7.86. The highest BCUT2D eigenvalue weighted by atomic mass is 32.1. The Hall–Kier alpha value is -2.67. The van der Waals surface area contributed by atoms with Gasteiger partial charge in [0.05, 0.1) is 30.6 Å². The number of amides is 1. The Labute approximate surface area is 149 Å². The van der Waals surface area contributed by atoms with E-state index in [0.717, 1.165) is 4.88 Å². The molecule has 0 saturated heterocycles. The second kappa shape index (κ2) is 7.06. The maximum absolute atomic E-state index is 12.9. The van der Waals surface area contributed by atoms with Crippen LogP contribution in [0.3, 0.4) is 0 Å². The van der Waals surface area contributed by atoms with Gasteiger partial charge in [0.25, 0.3) is 11.7 Å². The fourth-order valence-corrected chi connectivity index (χ4v) is 3.45. The number of ketones is 1. The maximum Gasteiger partial charge on any atom is 0.295 e. The lowest BCUT2D eigenvalue weighted by Gasteiger charge is -2.20. The summed E-state index contributed by atoms with van der Waals surface area (Å²) >= 11 is 1.55. The molecule has 1 amide bonds. The Balaban J connectivity index is 1.88. The van der Waals surface area contributed by atoms with E-state index in [0.29, 0.717) is 29.3 Å². The maximum atomic E-state index is 12.9. The Morgan fingerprint density at radius 2 is 2.04 bits per heavy atom. The van der Waals surface area contributed by atoms with E-state index in [1.807, 2.05) is 17.5 Å². The van der Waals surface area contributed by atoms with Crippen molar-refractivity contribution in [2.24, 2.45) is 7.05 Å². The fourth-order valence-electron chi connectivity index (χ4n) is 2.73. The van der Waals surface area contributed by atoms with E-state index in [9.17, 15) is 9.59 Å². The van der Waals surface area contributed by atoms with Gasteiger partial charge in [-0.3, -0.25) is 14.3 Å². The number of carbonyl (C=O) groups excluding carboxylic acids is 2. The fraction of sp³-hybridized carbons (Fsp3) is 0.278. The van der Waals surface area contributed by atoms with E-state index in [1.165, 1.54) is 4.90 Å². The molecule has 0 spiro atoms. The van der Waals surface area contributed by atoms with Crippen molar-refractivity contribution in [1.82, 2.24) is 14.7 Å². The number of hydrogen-bond donors (Lipinski definition) is 0. The van der Waals surface area contributed by atoms with Crippen LogP contribution >= 0.6 is 11.3 Å². The molecule has 130 valence electrons. The van der Waals surface area contributed by atoms with Crippen LogP contribution in [0, 0.1) is 13.8 Å². The van der Waals surface area contributed by atoms with Gasteiger partial charge in [-0.15, -0.1) is 11.3 Å². The lowest BCUT2D eigenvalue weighted by atomic mass is 10.1. The van der Waals surface area contributed by atoms with Gasteiger partial charge < -0.3 is 9.32 Å². The molecular weight excluding hydrogens is 338 g/mol. The number of carbonyl (C=O) groups is 2. The summed E-state index contributed by atoms with van der Waals surface area (Å²) in [5, 5.41) is 6.18. The molecule has 3 aromatic rings. The molecule has 0 fully saturated rings. The number of nitrogens with zero attached hydrogens (tertiary/aromatic N) is 3. The van der Waals surface area contributed by atoms with Gasteiger partial charge in [0.2, 0.25) is 0 Å². The van der Waals surface area contributed by atoms with Crippen LogP contribution in [0.5, 0.6) is 0 Å². The van der Waals surface area contributed by atoms with Crippen molar-refractivity contribution >= 4 is 23.0 Å². The molecule has 25 heavy (non-hydrogen) atoms. The minimum absolute atomic E-state index is 0.244. The molecular formula is C18H19N3O3S. The average molecular weight is 357 g/mol. The van der Waals surface area contributed by atoms with Gasteiger partial charge in [0.15, 0.2) is 0 Å². The zero-order chi connectivity index (χ0) is 18.0. The molecule has 3 heterocycles. The van der Waals surface area contributed by atoms with Crippen molar-refractivity contribution in [1.29, 1.82) is 0 Å². The van der Waals surface area contributed by atoms with Gasteiger partial charge in [0, 0.05) is 17.6 Å². The van der Waals surface area contributed by atoms with Crippen molar-refractivity contribution in [3.05, 3.63) is 63.5 Å². The van der Waals surface area contributed by atoms with Crippen molar-refractivity contribution in [2.45, 2.75) is 26.9 Å². The van der Waals surface area contributed by atoms with Gasteiger partial charge in [-0.2, -0.15) is 5.10 Å². The minimum atomic E-state index is -0.552. The molecule has 0 radical (unpaired) electrons. The number of aryl methyl sites for hydroxylation is 2. The molecule has 7 heteroatoms. The third-order valence-corrected chi connectivity index (χ3v) is 4.93. The zero-order valence-electron chi connectivity index (χ0n) is 14.4.